The van der Waals surface area contributed by atoms with Gasteiger partial charge >= 0.3 is 0 Å². The van der Waals surface area contributed by atoms with Crippen LogP contribution < -0.4 is 4.90 Å². The van der Waals surface area contributed by atoms with E-state index < -0.39 is 10.8 Å². The highest BCUT2D eigenvalue weighted by molar-refractivity contribution is 7.83. The molecular weight excluding hydrogens is 360 g/mol. The second kappa shape index (κ2) is 9.15. The first-order chi connectivity index (χ1) is 13.0. The molecule has 5 nitrogen and oxygen atoms in total. The Morgan fingerprint density at radius 2 is 1.81 bits per heavy atom. The smallest absolute Gasteiger partial charge is 0.253 e. The first-order valence-corrected chi connectivity index (χ1v) is 10.8. The maximum atomic E-state index is 12.7. The molecule has 1 atom stereocenters. The van der Waals surface area contributed by atoms with Crippen LogP contribution in [0.3, 0.4) is 0 Å². The van der Waals surface area contributed by atoms with E-state index >= 15 is 0 Å². The fraction of sp³-hybridized carbons (Fsp3) is 0.381. The minimum Gasteiger partial charge on any atom is -0.378 e. The summed E-state index contributed by atoms with van der Waals surface area (Å²) in [5.74, 6) is 0.435. The fourth-order valence-corrected chi connectivity index (χ4v) is 3.88. The van der Waals surface area contributed by atoms with Gasteiger partial charge in [0, 0.05) is 60.7 Å². The average molecular weight is 387 g/mol. The standard InChI is InChI=1S/C21H26N2O3S/c1-22(21(24)19-5-3-4-18(14-19)16-27(2)25)15-17-6-8-20(9-7-17)23-10-12-26-13-11-23/h3-9,14H,10-13,15-16H2,1-2H3. The van der Waals surface area contributed by atoms with Gasteiger partial charge in [-0.1, -0.05) is 24.3 Å². The number of ether oxygens (including phenoxy) is 1. The topological polar surface area (TPSA) is 49.9 Å². The SMILES string of the molecule is CN(Cc1ccc(N2CCOCC2)cc1)C(=O)c1cccc(CS(C)=O)c1. The van der Waals surface area contributed by atoms with Crippen LogP contribution in [0.2, 0.25) is 0 Å². The Morgan fingerprint density at radius 3 is 2.48 bits per heavy atom. The van der Waals surface area contributed by atoms with Crippen LogP contribution in [0, 0.1) is 0 Å². The summed E-state index contributed by atoms with van der Waals surface area (Å²) in [6.07, 6.45) is 1.67. The minimum atomic E-state index is -0.922. The molecule has 3 rings (SSSR count). The molecule has 0 spiro atoms. The van der Waals surface area contributed by atoms with Crippen LogP contribution >= 0.6 is 0 Å². The second-order valence-corrected chi connectivity index (χ2v) is 8.28. The van der Waals surface area contributed by atoms with Crippen LogP contribution in [-0.2, 0) is 27.8 Å². The predicted octanol–water partition coefficient (Wildman–Crippen LogP) is 2.67. The molecule has 0 bridgehead atoms. The summed E-state index contributed by atoms with van der Waals surface area (Å²) in [6, 6.07) is 15.8. The Hall–Kier alpha value is -2.18. The second-order valence-electron chi connectivity index (χ2n) is 6.84. The van der Waals surface area contributed by atoms with E-state index in [9.17, 15) is 9.00 Å². The highest BCUT2D eigenvalue weighted by Gasteiger charge is 2.14. The van der Waals surface area contributed by atoms with Crippen molar-refractivity contribution in [3.05, 3.63) is 65.2 Å². The molecule has 1 unspecified atom stereocenters. The van der Waals surface area contributed by atoms with Crippen molar-refractivity contribution in [1.82, 2.24) is 4.90 Å². The van der Waals surface area contributed by atoms with Gasteiger partial charge in [0.25, 0.3) is 5.91 Å². The molecule has 27 heavy (non-hydrogen) atoms. The van der Waals surface area contributed by atoms with E-state index in [0.29, 0.717) is 17.9 Å². The van der Waals surface area contributed by atoms with Crippen molar-refractivity contribution in [2.75, 3.05) is 44.5 Å². The third kappa shape index (κ3) is 5.40. The maximum Gasteiger partial charge on any atom is 0.253 e. The number of morpholine rings is 1. The minimum absolute atomic E-state index is 0.0315. The van der Waals surface area contributed by atoms with Gasteiger partial charge in [0.1, 0.15) is 0 Å². The Bertz CT molecular complexity index is 801. The van der Waals surface area contributed by atoms with E-state index in [1.807, 2.05) is 31.3 Å². The molecule has 1 heterocycles. The molecule has 0 radical (unpaired) electrons. The van der Waals surface area contributed by atoms with Crippen molar-refractivity contribution in [2.24, 2.45) is 0 Å². The number of hydrogen-bond donors (Lipinski definition) is 0. The van der Waals surface area contributed by atoms with Gasteiger partial charge in [-0.3, -0.25) is 9.00 Å². The number of nitrogens with zero attached hydrogens (tertiary/aromatic N) is 2. The summed E-state index contributed by atoms with van der Waals surface area (Å²) in [7, 11) is 0.887. The molecule has 1 fully saturated rings. The van der Waals surface area contributed by atoms with Gasteiger partial charge in [0.05, 0.1) is 13.2 Å². The fourth-order valence-electron chi connectivity index (χ4n) is 3.23. The summed E-state index contributed by atoms with van der Waals surface area (Å²) in [4.78, 5) is 16.8. The van der Waals surface area contributed by atoms with Crippen molar-refractivity contribution < 1.29 is 13.7 Å². The summed E-state index contributed by atoms with van der Waals surface area (Å²) >= 11 is 0. The normalized spacial score (nSPS) is 15.4. The molecule has 0 saturated carbocycles. The van der Waals surface area contributed by atoms with Gasteiger partial charge in [-0.15, -0.1) is 0 Å². The summed E-state index contributed by atoms with van der Waals surface area (Å²) in [5, 5.41) is 0. The Morgan fingerprint density at radius 1 is 1.11 bits per heavy atom. The largest absolute Gasteiger partial charge is 0.378 e. The van der Waals surface area contributed by atoms with Crippen LogP contribution in [-0.4, -0.2) is 54.6 Å². The zero-order chi connectivity index (χ0) is 19.2. The third-order valence-corrected chi connectivity index (χ3v) is 5.36. The van der Waals surface area contributed by atoms with Crippen molar-refractivity contribution in [2.45, 2.75) is 12.3 Å². The van der Waals surface area contributed by atoms with Gasteiger partial charge in [-0.05, 0) is 35.4 Å². The Kier molecular flexibility index (Phi) is 6.63. The quantitative estimate of drug-likeness (QED) is 0.766. The lowest BCUT2D eigenvalue weighted by molar-refractivity contribution is 0.0785. The lowest BCUT2D eigenvalue weighted by atomic mass is 10.1. The lowest BCUT2D eigenvalue weighted by Crippen LogP contribution is -2.36. The van der Waals surface area contributed by atoms with E-state index in [1.165, 1.54) is 5.69 Å². The van der Waals surface area contributed by atoms with E-state index in [4.69, 9.17) is 4.74 Å². The first-order valence-electron chi connectivity index (χ1n) is 9.09. The predicted molar refractivity (Wildman–Crippen MR) is 109 cm³/mol. The van der Waals surface area contributed by atoms with Crippen molar-refractivity contribution in [3.63, 3.8) is 0 Å². The van der Waals surface area contributed by atoms with Crippen LogP contribution in [0.15, 0.2) is 48.5 Å². The Balaban J connectivity index is 1.63. The molecule has 144 valence electrons. The van der Waals surface area contributed by atoms with E-state index in [2.05, 4.69) is 29.2 Å². The van der Waals surface area contributed by atoms with Crippen LogP contribution in [0.5, 0.6) is 0 Å². The number of benzene rings is 2. The van der Waals surface area contributed by atoms with Gasteiger partial charge in [0.2, 0.25) is 0 Å². The molecule has 0 N–H and O–H groups in total. The summed E-state index contributed by atoms with van der Waals surface area (Å²) < 4.78 is 16.8. The monoisotopic (exact) mass is 386 g/mol. The van der Waals surface area contributed by atoms with Gasteiger partial charge in [-0.25, -0.2) is 0 Å². The van der Waals surface area contributed by atoms with Crippen LogP contribution in [0.1, 0.15) is 21.5 Å². The molecule has 0 aromatic heterocycles. The zero-order valence-electron chi connectivity index (χ0n) is 15.9. The van der Waals surface area contributed by atoms with Crippen molar-refractivity contribution in [1.29, 1.82) is 0 Å². The van der Waals surface area contributed by atoms with Gasteiger partial charge < -0.3 is 14.5 Å². The highest BCUT2D eigenvalue weighted by atomic mass is 32.2. The first kappa shape index (κ1) is 19.6. The summed E-state index contributed by atoms with van der Waals surface area (Å²) in [6.45, 7) is 3.91. The van der Waals surface area contributed by atoms with E-state index in [0.717, 1.165) is 37.4 Å². The molecule has 6 heteroatoms. The Labute approximate surface area is 163 Å². The van der Waals surface area contributed by atoms with E-state index in [1.54, 1.807) is 11.2 Å². The number of carbonyl (C=O) groups excluding carboxylic acids is 1. The molecule has 1 saturated heterocycles. The molecule has 2 aromatic carbocycles. The van der Waals surface area contributed by atoms with Crippen LogP contribution in [0.25, 0.3) is 0 Å². The van der Waals surface area contributed by atoms with Gasteiger partial charge in [-0.2, -0.15) is 0 Å². The van der Waals surface area contributed by atoms with Gasteiger partial charge in [0.15, 0.2) is 0 Å². The number of rotatable bonds is 6. The van der Waals surface area contributed by atoms with Crippen LogP contribution in [0.4, 0.5) is 5.69 Å². The zero-order valence-corrected chi connectivity index (χ0v) is 16.7. The summed E-state index contributed by atoms with van der Waals surface area (Å²) in [5.41, 5.74) is 3.83. The highest BCUT2D eigenvalue weighted by Crippen LogP contribution is 2.18. The maximum absolute atomic E-state index is 12.7. The number of amides is 1. The van der Waals surface area contributed by atoms with Crippen molar-refractivity contribution in [3.8, 4) is 0 Å². The third-order valence-electron chi connectivity index (χ3n) is 4.62. The van der Waals surface area contributed by atoms with Crippen molar-refractivity contribution >= 4 is 22.4 Å². The number of hydrogen-bond acceptors (Lipinski definition) is 4. The molecule has 2 aromatic rings. The molecule has 1 aliphatic rings. The lowest BCUT2D eigenvalue weighted by Gasteiger charge is -2.29. The number of carbonyl (C=O) groups is 1. The molecule has 0 aliphatic carbocycles. The number of anilines is 1. The van der Waals surface area contributed by atoms with E-state index in [-0.39, 0.29) is 5.91 Å². The molecular formula is C21H26N2O3S. The molecule has 1 aliphatic heterocycles. The average Bonchev–Trinajstić information content (AvgIpc) is 2.68. The molecule has 1 amide bonds.